The monoisotopic (exact) mass is 330 g/mol. The van der Waals surface area contributed by atoms with Crippen LogP contribution in [-0.4, -0.2) is 0 Å². The van der Waals surface area contributed by atoms with Gasteiger partial charge in [0.15, 0.2) is 0 Å². The van der Waals surface area contributed by atoms with Crippen LogP contribution in [0.3, 0.4) is 0 Å². The third-order valence-corrected chi connectivity index (χ3v) is 4.55. The Bertz CT molecular complexity index is 924. The van der Waals surface area contributed by atoms with Crippen molar-refractivity contribution >= 4 is 10.8 Å². The molecule has 3 aromatic rings. The second-order valence-electron chi connectivity index (χ2n) is 6.38. The van der Waals surface area contributed by atoms with Crippen molar-refractivity contribution in [2.45, 2.75) is 39.5 Å². The number of benzene rings is 3. The number of aryl methyl sites for hydroxylation is 2. The van der Waals surface area contributed by atoms with Crippen LogP contribution in [-0.2, 0) is 12.8 Å². The summed E-state index contributed by atoms with van der Waals surface area (Å²) in [6.07, 6.45) is 3.92. The number of fused-ring (bicyclic) bond motifs is 1. The third kappa shape index (κ3) is 4.09. The Morgan fingerprint density at radius 2 is 1.56 bits per heavy atom. The summed E-state index contributed by atoms with van der Waals surface area (Å²) < 4.78 is 14.6. The molecule has 0 unspecified atom stereocenters. The molecule has 0 nitrogen and oxygen atoms in total. The van der Waals surface area contributed by atoms with Crippen LogP contribution in [0.1, 0.15) is 48.9 Å². The van der Waals surface area contributed by atoms with E-state index in [0.29, 0.717) is 5.39 Å². The van der Waals surface area contributed by atoms with E-state index in [2.05, 4.69) is 37.8 Å². The second-order valence-corrected chi connectivity index (χ2v) is 6.38. The van der Waals surface area contributed by atoms with Gasteiger partial charge >= 0.3 is 0 Å². The van der Waals surface area contributed by atoms with Crippen molar-refractivity contribution in [3.63, 3.8) is 0 Å². The minimum atomic E-state index is -0.0828. The largest absolute Gasteiger partial charge is 0.206 e. The molecule has 25 heavy (non-hydrogen) atoms. The molecule has 0 aliphatic heterocycles. The summed E-state index contributed by atoms with van der Waals surface area (Å²) in [5.41, 5.74) is 4.03. The molecular formula is C24H23F. The van der Waals surface area contributed by atoms with Gasteiger partial charge in [0.25, 0.3) is 0 Å². The summed E-state index contributed by atoms with van der Waals surface area (Å²) in [7, 11) is 0. The number of unbranched alkanes of at least 4 members (excludes halogenated alkanes) is 1. The summed E-state index contributed by atoms with van der Waals surface area (Å²) in [5, 5.41) is 1.59. The van der Waals surface area contributed by atoms with Crippen LogP contribution in [0.4, 0.5) is 4.39 Å². The fourth-order valence-electron chi connectivity index (χ4n) is 2.94. The molecule has 0 atom stereocenters. The lowest BCUT2D eigenvalue weighted by atomic mass is 10.0. The van der Waals surface area contributed by atoms with Crippen molar-refractivity contribution in [1.82, 2.24) is 0 Å². The Labute approximate surface area is 149 Å². The van der Waals surface area contributed by atoms with Gasteiger partial charge in [-0.25, -0.2) is 4.39 Å². The van der Waals surface area contributed by atoms with Gasteiger partial charge in [-0.15, -0.1) is 0 Å². The molecule has 3 rings (SSSR count). The molecule has 0 saturated carbocycles. The third-order valence-electron chi connectivity index (χ3n) is 4.55. The van der Waals surface area contributed by atoms with Crippen LogP contribution in [0.25, 0.3) is 10.8 Å². The fraction of sp³-hybridized carbons (Fsp3) is 0.250. The van der Waals surface area contributed by atoms with Crippen molar-refractivity contribution in [2.24, 2.45) is 0 Å². The number of rotatable bonds is 4. The van der Waals surface area contributed by atoms with Crippen LogP contribution in [0.5, 0.6) is 0 Å². The minimum absolute atomic E-state index is 0.0828. The second kappa shape index (κ2) is 7.99. The zero-order valence-corrected chi connectivity index (χ0v) is 14.9. The Morgan fingerprint density at radius 1 is 0.840 bits per heavy atom. The summed E-state index contributed by atoms with van der Waals surface area (Å²) >= 11 is 0. The molecular weight excluding hydrogens is 307 g/mol. The van der Waals surface area contributed by atoms with E-state index < -0.39 is 0 Å². The molecule has 3 aromatic carbocycles. The highest BCUT2D eigenvalue weighted by Gasteiger charge is 2.07. The summed E-state index contributed by atoms with van der Waals surface area (Å²) in [4.78, 5) is 0. The van der Waals surface area contributed by atoms with Crippen LogP contribution in [0, 0.1) is 17.7 Å². The van der Waals surface area contributed by atoms with Gasteiger partial charge in [0.1, 0.15) is 5.82 Å². The van der Waals surface area contributed by atoms with Crippen LogP contribution < -0.4 is 0 Å². The lowest BCUT2D eigenvalue weighted by molar-refractivity contribution is 0.614. The summed E-state index contributed by atoms with van der Waals surface area (Å²) in [6.45, 7) is 4.27. The van der Waals surface area contributed by atoms with Gasteiger partial charge in [-0.05, 0) is 60.0 Å². The van der Waals surface area contributed by atoms with Crippen LogP contribution >= 0.6 is 0 Å². The summed E-state index contributed by atoms with van der Waals surface area (Å²) in [6, 6.07) is 18.0. The number of hydrogen-bond donors (Lipinski definition) is 0. The van der Waals surface area contributed by atoms with Crippen molar-refractivity contribution in [1.29, 1.82) is 0 Å². The van der Waals surface area contributed by atoms with Crippen LogP contribution in [0.2, 0.25) is 0 Å². The predicted molar refractivity (Wildman–Crippen MR) is 104 cm³/mol. The maximum Gasteiger partial charge on any atom is 0.134 e. The molecule has 0 aliphatic carbocycles. The molecule has 0 N–H and O–H groups in total. The van der Waals surface area contributed by atoms with Gasteiger partial charge in [-0.1, -0.05) is 62.4 Å². The highest BCUT2D eigenvalue weighted by molar-refractivity contribution is 5.85. The van der Waals surface area contributed by atoms with Crippen molar-refractivity contribution in [2.75, 3.05) is 0 Å². The first-order valence-corrected chi connectivity index (χ1v) is 9.03. The maximum atomic E-state index is 14.6. The molecule has 1 heteroatoms. The summed E-state index contributed by atoms with van der Waals surface area (Å²) in [5.74, 6) is 6.29. The zero-order valence-electron chi connectivity index (χ0n) is 14.9. The first-order chi connectivity index (χ1) is 12.2. The molecule has 0 spiro atoms. The number of halogens is 1. The van der Waals surface area contributed by atoms with E-state index in [9.17, 15) is 4.39 Å². The van der Waals surface area contributed by atoms with E-state index in [1.165, 1.54) is 5.56 Å². The van der Waals surface area contributed by atoms with E-state index >= 15 is 0 Å². The van der Waals surface area contributed by atoms with Gasteiger partial charge in [-0.3, -0.25) is 0 Å². The smallest absolute Gasteiger partial charge is 0.134 e. The molecule has 126 valence electrons. The fourth-order valence-corrected chi connectivity index (χ4v) is 2.94. The quantitative estimate of drug-likeness (QED) is 0.494. The molecule has 0 saturated heterocycles. The molecule has 0 aliphatic rings. The number of hydrogen-bond acceptors (Lipinski definition) is 0. The normalized spacial score (nSPS) is 10.5. The maximum absolute atomic E-state index is 14.6. The average Bonchev–Trinajstić information content (AvgIpc) is 2.66. The van der Waals surface area contributed by atoms with E-state index in [4.69, 9.17) is 0 Å². The average molecular weight is 330 g/mol. The van der Waals surface area contributed by atoms with Crippen molar-refractivity contribution in [3.8, 4) is 11.8 Å². The molecule has 0 heterocycles. The molecule has 0 bridgehead atoms. The molecule has 0 radical (unpaired) electrons. The Kier molecular flexibility index (Phi) is 5.51. The van der Waals surface area contributed by atoms with E-state index in [1.54, 1.807) is 0 Å². The molecule has 0 fully saturated rings. The zero-order chi connectivity index (χ0) is 17.6. The minimum Gasteiger partial charge on any atom is -0.206 e. The van der Waals surface area contributed by atoms with Crippen LogP contribution in [0.15, 0.2) is 54.6 Å². The van der Waals surface area contributed by atoms with E-state index in [0.717, 1.165) is 47.8 Å². The lowest BCUT2D eigenvalue weighted by Gasteiger charge is -2.06. The van der Waals surface area contributed by atoms with Gasteiger partial charge in [0.05, 0.1) is 0 Å². The lowest BCUT2D eigenvalue weighted by Crippen LogP contribution is -1.92. The predicted octanol–water partition coefficient (Wildman–Crippen LogP) is 6.28. The topological polar surface area (TPSA) is 0 Å². The highest BCUT2D eigenvalue weighted by Crippen LogP contribution is 2.23. The Balaban J connectivity index is 1.87. The molecule has 0 aromatic heterocycles. The van der Waals surface area contributed by atoms with Gasteiger partial charge in [-0.2, -0.15) is 0 Å². The van der Waals surface area contributed by atoms with Gasteiger partial charge in [0.2, 0.25) is 0 Å². The van der Waals surface area contributed by atoms with Crippen molar-refractivity contribution in [3.05, 3.63) is 82.7 Å². The van der Waals surface area contributed by atoms with Gasteiger partial charge < -0.3 is 0 Å². The van der Waals surface area contributed by atoms with E-state index in [-0.39, 0.29) is 5.82 Å². The standard InChI is InChI=1S/C24H23F/c1-3-5-6-21-14-15-22-17-20(13-16-23(22)24(21)25)12-11-19-9-7-18(4-2)8-10-19/h7-10,13-17H,3-6H2,1-2H3. The Morgan fingerprint density at radius 3 is 2.28 bits per heavy atom. The SMILES string of the molecule is CCCCc1ccc2cc(C#Cc3ccc(CC)cc3)ccc2c1F. The van der Waals surface area contributed by atoms with Crippen molar-refractivity contribution < 1.29 is 4.39 Å². The molecule has 0 amide bonds. The first kappa shape index (κ1) is 17.2. The Hall–Kier alpha value is -2.59. The van der Waals surface area contributed by atoms with Gasteiger partial charge in [0, 0.05) is 16.5 Å². The van der Waals surface area contributed by atoms with E-state index in [1.807, 2.05) is 42.5 Å². The first-order valence-electron chi connectivity index (χ1n) is 9.03. The highest BCUT2D eigenvalue weighted by atomic mass is 19.1.